The molecule has 5 rings (SSSR count). The van der Waals surface area contributed by atoms with Crippen molar-refractivity contribution in [3.63, 3.8) is 0 Å². The molecule has 152 valence electrons. The van der Waals surface area contributed by atoms with Crippen LogP contribution >= 0.6 is 0 Å². The molecular formula is C20H23BN2O6. The van der Waals surface area contributed by atoms with Crippen LogP contribution < -0.4 is 19.7 Å². The van der Waals surface area contributed by atoms with Crippen LogP contribution in [0.2, 0.25) is 6.32 Å². The van der Waals surface area contributed by atoms with Gasteiger partial charge in [0.2, 0.25) is 5.75 Å². The predicted molar refractivity (Wildman–Crippen MR) is 105 cm³/mol. The van der Waals surface area contributed by atoms with Crippen LogP contribution in [0, 0.1) is 0 Å². The minimum Gasteiger partial charge on any atom is -0.493 e. The fraction of sp³-hybridized carbons (Fsp3) is 0.450. The highest BCUT2D eigenvalue weighted by Crippen LogP contribution is 2.53. The molecule has 2 unspecified atom stereocenters. The number of ether oxygens (including phenoxy) is 3. The summed E-state index contributed by atoms with van der Waals surface area (Å²) in [5.74, 6) is 1.25. The molecule has 2 N–H and O–H groups in total. The molecule has 0 aliphatic carbocycles. The average Bonchev–Trinajstić information content (AvgIpc) is 3.26. The highest BCUT2D eigenvalue weighted by atomic mass is 16.7. The van der Waals surface area contributed by atoms with Crippen molar-refractivity contribution in [3.8, 4) is 28.4 Å². The second-order valence-electron chi connectivity index (χ2n) is 7.56. The van der Waals surface area contributed by atoms with E-state index in [2.05, 4.69) is 16.5 Å². The summed E-state index contributed by atoms with van der Waals surface area (Å²) >= 11 is 0. The van der Waals surface area contributed by atoms with Gasteiger partial charge in [-0.05, 0) is 30.1 Å². The Balaban J connectivity index is 1.52. The first-order valence-corrected chi connectivity index (χ1v) is 9.86. The van der Waals surface area contributed by atoms with Crippen LogP contribution in [-0.4, -0.2) is 49.8 Å². The van der Waals surface area contributed by atoms with E-state index in [-0.39, 0.29) is 5.92 Å². The van der Waals surface area contributed by atoms with Crippen molar-refractivity contribution in [1.82, 2.24) is 10.5 Å². The van der Waals surface area contributed by atoms with Crippen molar-refractivity contribution in [1.29, 1.82) is 0 Å². The molecule has 1 aromatic carbocycles. The summed E-state index contributed by atoms with van der Waals surface area (Å²) in [6.45, 7) is 1.61. The Labute approximate surface area is 169 Å². The molecule has 0 amide bonds. The monoisotopic (exact) mass is 398 g/mol. The van der Waals surface area contributed by atoms with Crippen LogP contribution in [0.5, 0.6) is 17.2 Å². The molecule has 2 atom stereocenters. The molecule has 29 heavy (non-hydrogen) atoms. The van der Waals surface area contributed by atoms with E-state index in [1.165, 1.54) is 0 Å². The van der Waals surface area contributed by atoms with Crippen LogP contribution in [-0.2, 0) is 9.49 Å². The quantitative estimate of drug-likeness (QED) is 0.761. The third kappa shape index (κ3) is 3.44. The standard InChI is InChI=1S/C20H23BN2O6/c1-25-17-3-2-16(14-8-13(10-22-11-14)15-9-21(24)26-12-15)18-19(17)29-20(28-18)4-6-23-27-7-5-20/h2-3,8,10-11,15,23-24H,4-7,9,12H2,1H3. The van der Waals surface area contributed by atoms with Gasteiger partial charge >= 0.3 is 7.12 Å². The van der Waals surface area contributed by atoms with Gasteiger partial charge in [0.1, 0.15) is 0 Å². The maximum absolute atomic E-state index is 9.69. The first-order valence-electron chi connectivity index (χ1n) is 9.86. The number of hydroxylamine groups is 1. The molecule has 0 saturated carbocycles. The number of hydrogen-bond acceptors (Lipinski definition) is 8. The lowest BCUT2D eigenvalue weighted by Gasteiger charge is -2.25. The molecule has 2 fully saturated rings. The van der Waals surface area contributed by atoms with Crippen LogP contribution in [0.3, 0.4) is 0 Å². The van der Waals surface area contributed by atoms with E-state index in [4.69, 9.17) is 23.7 Å². The Morgan fingerprint density at radius 2 is 2.14 bits per heavy atom. The van der Waals surface area contributed by atoms with E-state index in [0.717, 1.165) is 16.7 Å². The Hall–Kier alpha value is -2.33. The smallest absolute Gasteiger partial charge is 0.454 e. The maximum Gasteiger partial charge on any atom is 0.454 e. The first kappa shape index (κ1) is 18.7. The molecule has 0 bridgehead atoms. The normalized spacial score (nSPS) is 26.0. The van der Waals surface area contributed by atoms with E-state index >= 15 is 0 Å². The second-order valence-corrected chi connectivity index (χ2v) is 7.56. The molecule has 0 radical (unpaired) electrons. The Bertz CT molecular complexity index is 903. The molecular weight excluding hydrogens is 375 g/mol. The van der Waals surface area contributed by atoms with Crippen LogP contribution in [0.25, 0.3) is 11.1 Å². The van der Waals surface area contributed by atoms with Gasteiger partial charge in [0.15, 0.2) is 11.5 Å². The van der Waals surface area contributed by atoms with Crippen molar-refractivity contribution < 1.29 is 28.7 Å². The summed E-state index contributed by atoms with van der Waals surface area (Å²) in [4.78, 5) is 9.77. The van der Waals surface area contributed by atoms with Crippen molar-refractivity contribution in [2.75, 3.05) is 26.9 Å². The third-order valence-electron chi connectivity index (χ3n) is 5.68. The number of fused-ring (bicyclic) bond motifs is 1. The van der Waals surface area contributed by atoms with Gasteiger partial charge in [0.25, 0.3) is 5.79 Å². The summed E-state index contributed by atoms with van der Waals surface area (Å²) in [6.07, 6.45) is 5.46. The molecule has 1 aromatic heterocycles. The van der Waals surface area contributed by atoms with E-state index < -0.39 is 12.9 Å². The predicted octanol–water partition coefficient (Wildman–Crippen LogP) is 2.13. The van der Waals surface area contributed by atoms with Gasteiger partial charge in [-0.1, -0.05) is 0 Å². The summed E-state index contributed by atoms with van der Waals surface area (Å²) in [7, 11) is 0.908. The van der Waals surface area contributed by atoms with Gasteiger partial charge in [-0.3, -0.25) is 4.98 Å². The highest BCUT2D eigenvalue weighted by molar-refractivity contribution is 6.43. The number of pyridine rings is 1. The minimum atomic E-state index is -0.774. The molecule has 3 aliphatic rings. The summed E-state index contributed by atoms with van der Waals surface area (Å²) in [5, 5.41) is 9.69. The van der Waals surface area contributed by atoms with Gasteiger partial charge in [-0.25, -0.2) is 5.48 Å². The molecule has 1 spiro atoms. The maximum atomic E-state index is 9.69. The molecule has 2 aromatic rings. The van der Waals surface area contributed by atoms with E-state index in [1.54, 1.807) is 7.11 Å². The molecule has 4 heterocycles. The Morgan fingerprint density at radius 3 is 2.97 bits per heavy atom. The zero-order valence-corrected chi connectivity index (χ0v) is 16.2. The fourth-order valence-corrected chi connectivity index (χ4v) is 4.11. The van der Waals surface area contributed by atoms with Crippen molar-refractivity contribution in [2.24, 2.45) is 0 Å². The molecule has 9 heteroatoms. The van der Waals surface area contributed by atoms with E-state index in [9.17, 15) is 5.02 Å². The van der Waals surface area contributed by atoms with Crippen molar-refractivity contribution in [3.05, 3.63) is 36.2 Å². The molecule has 8 nitrogen and oxygen atoms in total. The zero-order chi connectivity index (χ0) is 19.8. The first-order chi connectivity index (χ1) is 14.2. The van der Waals surface area contributed by atoms with Gasteiger partial charge in [0, 0.05) is 49.0 Å². The summed E-state index contributed by atoms with van der Waals surface area (Å²) < 4.78 is 23.5. The topological polar surface area (TPSA) is 91.3 Å². The molecule has 3 aliphatic heterocycles. The van der Waals surface area contributed by atoms with Crippen molar-refractivity contribution in [2.45, 2.75) is 30.9 Å². The largest absolute Gasteiger partial charge is 0.493 e. The van der Waals surface area contributed by atoms with Gasteiger partial charge in [0.05, 0.1) is 20.1 Å². The Morgan fingerprint density at radius 1 is 1.24 bits per heavy atom. The minimum absolute atomic E-state index is 0.123. The number of rotatable bonds is 3. The van der Waals surface area contributed by atoms with Gasteiger partial charge < -0.3 is 28.7 Å². The molecule has 2 saturated heterocycles. The third-order valence-corrected chi connectivity index (χ3v) is 5.68. The lowest BCUT2D eigenvalue weighted by molar-refractivity contribution is -0.0911. The van der Waals surface area contributed by atoms with Gasteiger partial charge in [-0.15, -0.1) is 0 Å². The number of hydrogen-bond donors (Lipinski definition) is 2. The number of aromatic nitrogens is 1. The zero-order valence-electron chi connectivity index (χ0n) is 16.2. The lowest BCUT2D eigenvalue weighted by Crippen LogP contribution is -2.39. The van der Waals surface area contributed by atoms with Gasteiger partial charge in [-0.2, -0.15) is 0 Å². The Kier molecular flexibility index (Phi) is 4.83. The number of nitrogens with zero attached hydrogens (tertiary/aromatic N) is 1. The van der Waals surface area contributed by atoms with Crippen molar-refractivity contribution >= 4 is 7.12 Å². The highest BCUT2D eigenvalue weighted by Gasteiger charge is 2.45. The summed E-state index contributed by atoms with van der Waals surface area (Å²) in [6, 6.07) is 5.93. The second kappa shape index (κ2) is 7.49. The average molecular weight is 398 g/mol. The number of benzene rings is 1. The van der Waals surface area contributed by atoms with Crippen LogP contribution in [0.4, 0.5) is 0 Å². The van der Waals surface area contributed by atoms with Crippen LogP contribution in [0.15, 0.2) is 30.6 Å². The van der Waals surface area contributed by atoms with E-state index in [1.807, 2.05) is 24.5 Å². The summed E-state index contributed by atoms with van der Waals surface area (Å²) in [5.41, 5.74) is 5.76. The number of methoxy groups -OCH3 is 1. The lowest BCUT2D eigenvalue weighted by atomic mass is 9.80. The van der Waals surface area contributed by atoms with E-state index in [0.29, 0.717) is 56.2 Å². The van der Waals surface area contributed by atoms with Crippen LogP contribution in [0.1, 0.15) is 24.3 Å². The number of nitrogens with one attached hydrogen (secondary N) is 1. The SMILES string of the molecule is COc1ccc(-c2cncc(C3COB(O)C3)c2)c2c1OC1(CCNOCC1)O2. The fourth-order valence-electron chi connectivity index (χ4n) is 4.11.